The maximum absolute atomic E-state index is 5.64. The summed E-state index contributed by atoms with van der Waals surface area (Å²) in [5.41, 5.74) is 1.11. The smallest absolute Gasteiger partial charge is 0.328 e. The third kappa shape index (κ3) is 3.58. The monoisotopic (exact) mass is 275 g/mol. The van der Waals surface area contributed by atoms with Gasteiger partial charge in [-0.1, -0.05) is 12.1 Å². The minimum absolute atomic E-state index is 0.183. The van der Waals surface area contributed by atoms with Gasteiger partial charge < -0.3 is 19.5 Å². The lowest BCUT2D eigenvalue weighted by Crippen LogP contribution is -2.05. The highest BCUT2D eigenvalue weighted by atomic mass is 16.5. The number of benzene rings is 1. The second kappa shape index (κ2) is 6.72. The molecule has 20 heavy (non-hydrogen) atoms. The molecule has 0 radical (unpaired) electrons. The third-order valence-corrected chi connectivity index (χ3v) is 2.57. The zero-order chi connectivity index (χ0) is 14.4. The highest BCUT2D eigenvalue weighted by Crippen LogP contribution is 2.24. The molecule has 6 heteroatoms. The lowest BCUT2D eigenvalue weighted by atomic mass is 10.2. The first kappa shape index (κ1) is 14.1. The number of hydrogen-bond donors (Lipinski definition) is 1. The van der Waals surface area contributed by atoms with Crippen LogP contribution in [0.4, 0.5) is 0 Å². The molecular formula is C14H17N3O3. The zero-order valence-electron chi connectivity index (χ0n) is 11.7. The summed E-state index contributed by atoms with van der Waals surface area (Å²) in [6, 6.07) is 9.46. The van der Waals surface area contributed by atoms with Gasteiger partial charge in [-0.2, -0.15) is 9.97 Å². The fourth-order valence-corrected chi connectivity index (χ4v) is 1.67. The van der Waals surface area contributed by atoms with Crippen LogP contribution in [0.25, 0.3) is 0 Å². The molecule has 0 aliphatic carbocycles. The van der Waals surface area contributed by atoms with E-state index in [2.05, 4.69) is 15.3 Å². The predicted octanol–water partition coefficient (Wildman–Crippen LogP) is 2.01. The number of aromatic nitrogens is 2. The van der Waals surface area contributed by atoms with E-state index < -0.39 is 0 Å². The first-order chi connectivity index (χ1) is 9.75. The first-order valence-corrected chi connectivity index (χ1v) is 6.13. The number of ether oxygens (including phenoxy) is 3. The van der Waals surface area contributed by atoms with Crippen molar-refractivity contribution in [2.24, 2.45) is 0 Å². The summed E-state index contributed by atoms with van der Waals surface area (Å²) in [5, 5.41) is 3.08. The van der Waals surface area contributed by atoms with Crippen molar-refractivity contribution in [2.75, 3.05) is 21.3 Å². The first-order valence-electron chi connectivity index (χ1n) is 6.13. The van der Waals surface area contributed by atoms with Gasteiger partial charge in [0.1, 0.15) is 5.75 Å². The molecule has 2 aromatic rings. The molecular weight excluding hydrogens is 258 g/mol. The van der Waals surface area contributed by atoms with Gasteiger partial charge in [-0.15, -0.1) is 0 Å². The molecule has 1 aromatic carbocycles. The highest BCUT2D eigenvalue weighted by Gasteiger charge is 2.07. The van der Waals surface area contributed by atoms with Crippen molar-refractivity contribution in [3.05, 3.63) is 35.9 Å². The maximum atomic E-state index is 5.64. The van der Waals surface area contributed by atoms with E-state index in [1.165, 1.54) is 14.2 Å². The molecule has 1 aromatic heterocycles. The van der Waals surface area contributed by atoms with Gasteiger partial charge in [-0.25, -0.2) is 0 Å². The van der Waals surface area contributed by atoms with E-state index in [1.54, 1.807) is 6.07 Å². The molecule has 0 aliphatic rings. The lowest BCUT2D eigenvalue weighted by molar-refractivity contribution is 0.348. The molecule has 0 bridgehead atoms. The minimum atomic E-state index is 0.183. The summed E-state index contributed by atoms with van der Waals surface area (Å²) < 4.78 is 15.8. The number of methoxy groups -OCH3 is 2. The van der Waals surface area contributed by atoms with E-state index in [9.17, 15) is 0 Å². The van der Waals surface area contributed by atoms with Crippen LogP contribution in [0.5, 0.6) is 23.5 Å². The van der Waals surface area contributed by atoms with Gasteiger partial charge in [-0.05, 0) is 24.7 Å². The van der Waals surface area contributed by atoms with E-state index in [-0.39, 0.29) is 6.01 Å². The van der Waals surface area contributed by atoms with Crippen LogP contribution < -0.4 is 19.5 Å². The van der Waals surface area contributed by atoms with Crippen molar-refractivity contribution in [2.45, 2.75) is 6.54 Å². The molecule has 0 saturated heterocycles. The van der Waals surface area contributed by atoms with Crippen LogP contribution in [-0.2, 0) is 6.54 Å². The minimum Gasteiger partial charge on any atom is -0.481 e. The summed E-state index contributed by atoms with van der Waals surface area (Å²) in [4.78, 5) is 8.24. The average Bonchev–Trinajstić information content (AvgIpc) is 2.47. The Morgan fingerprint density at radius 1 is 1.05 bits per heavy atom. The molecule has 0 atom stereocenters. The van der Waals surface area contributed by atoms with Crippen LogP contribution in [0.1, 0.15) is 5.56 Å². The van der Waals surface area contributed by atoms with Crippen molar-refractivity contribution in [3.63, 3.8) is 0 Å². The SMILES string of the molecule is CNCc1cccc(Oc2nc(OC)cc(OC)n2)c1. The van der Waals surface area contributed by atoms with Crippen LogP contribution in [0, 0.1) is 0 Å². The predicted molar refractivity (Wildman–Crippen MR) is 74.4 cm³/mol. The van der Waals surface area contributed by atoms with Crippen LogP contribution in [0.15, 0.2) is 30.3 Å². The normalized spacial score (nSPS) is 10.2. The summed E-state index contributed by atoms with van der Waals surface area (Å²) in [6.07, 6.45) is 0. The van der Waals surface area contributed by atoms with E-state index >= 15 is 0 Å². The molecule has 0 fully saturated rings. The Bertz CT molecular complexity index is 553. The number of nitrogens with one attached hydrogen (secondary N) is 1. The zero-order valence-corrected chi connectivity index (χ0v) is 11.7. The highest BCUT2D eigenvalue weighted by molar-refractivity contribution is 5.31. The van der Waals surface area contributed by atoms with E-state index in [1.807, 2.05) is 31.3 Å². The standard InChI is InChI=1S/C14H17N3O3/c1-15-9-10-5-4-6-11(7-10)20-14-16-12(18-2)8-13(17-14)19-3/h4-8,15H,9H2,1-3H3. The quantitative estimate of drug-likeness (QED) is 0.870. The molecule has 0 aliphatic heterocycles. The van der Waals surface area contributed by atoms with Gasteiger partial charge in [0.2, 0.25) is 11.8 Å². The Labute approximate surface area is 117 Å². The van der Waals surface area contributed by atoms with Crippen molar-refractivity contribution in [1.29, 1.82) is 0 Å². The average molecular weight is 275 g/mol. The van der Waals surface area contributed by atoms with Gasteiger partial charge in [0, 0.05) is 6.54 Å². The Hall–Kier alpha value is -2.34. The Morgan fingerprint density at radius 2 is 1.75 bits per heavy atom. The molecule has 2 rings (SSSR count). The fourth-order valence-electron chi connectivity index (χ4n) is 1.67. The lowest BCUT2D eigenvalue weighted by Gasteiger charge is -2.08. The van der Waals surface area contributed by atoms with E-state index in [0.29, 0.717) is 17.5 Å². The van der Waals surface area contributed by atoms with Crippen molar-refractivity contribution in [1.82, 2.24) is 15.3 Å². The van der Waals surface area contributed by atoms with Crippen LogP contribution in [-0.4, -0.2) is 31.2 Å². The van der Waals surface area contributed by atoms with E-state index in [4.69, 9.17) is 14.2 Å². The molecule has 6 nitrogen and oxygen atoms in total. The van der Waals surface area contributed by atoms with Gasteiger partial charge in [0.05, 0.1) is 20.3 Å². The Balaban J connectivity index is 2.22. The molecule has 106 valence electrons. The fraction of sp³-hybridized carbons (Fsp3) is 0.286. The summed E-state index contributed by atoms with van der Waals surface area (Å²) in [6.45, 7) is 0.763. The van der Waals surface area contributed by atoms with Crippen molar-refractivity contribution < 1.29 is 14.2 Å². The number of rotatable bonds is 6. The molecule has 0 saturated carbocycles. The second-order valence-corrected chi connectivity index (χ2v) is 4.02. The Kier molecular flexibility index (Phi) is 4.73. The third-order valence-electron chi connectivity index (χ3n) is 2.57. The second-order valence-electron chi connectivity index (χ2n) is 4.02. The molecule has 0 spiro atoms. The van der Waals surface area contributed by atoms with Crippen LogP contribution in [0.2, 0.25) is 0 Å². The molecule has 0 amide bonds. The summed E-state index contributed by atoms with van der Waals surface area (Å²) in [5.74, 6) is 1.43. The number of nitrogens with zero attached hydrogens (tertiary/aromatic N) is 2. The number of hydrogen-bond acceptors (Lipinski definition) is 6. The molecule has 1 heterocycles. The largest absolute Gasteiger partial charge is 0.481 e. The summed E-state index contributed by atoms with van der Waals surface area (Å²) in [7, 11) is 4.95. The molecule has 1 N–H and O–H groups in total. The van der Waals surface area contributed by atoms with Gasteiger partial charge in [0.25, 0.3) is 0 Å². The van der Waals surface area contributed by atoms with Crippen molar-refractivity contribution >= 4 is 0 Å². The van der Waals surface area contributed by atoms with Gasteiger partial charge in [0.15, 0.2) is 0 Å². The van der Waals surface area contributed by atoms with Gasteiger partial charge in [-0.3, -0.25) is 0 Å². The maximum Gasteiger partial charge on any atom is 0.328 e. The van der Waals surface area contributed by atoms with Gasteiger partial charge >= 0.3 is 6.01 Å². The van der Waals surface area contributed by atoms with Crippen LogP contribution in [0.3, 0.4) is 0 Å². The summed E-state index contributed by atoms with van der Waals surface area (Å²) >= 11 is 0. The topological polar surface area (TPSA) is 65.5 Å². The molecule has 0 unspecified atom stereocenters. The van der Waals surface area contributed by atoms with E-state index in [0.717, 1.165) is 12.1 Å². The van der Waals surface area contributed by atoms with Crippen molar-refractivity contribution in [3.8, 4) is 23.5 Å². The van der Waals surface area contributed by atoms with Crippen LogP contribution >= 0.6 is 0 Å². The Morgan fingerprint density at radius 3 is 2.35 bits per heavy atom.